The van der Waals surface area contributed by atoms with Crippen LogP contribution >= 0.6 is 7.82 Å². The van der Waals surface area contributed by atoms with Crippen LogP contribution in [0.15, 0.2) is 36.5 Å². The Balaban J connectivity index is 4.01. The van der Waals surface area contributed by atoms with Crippen LogP contribution in [0.1, 0.15) is 181 Å². The summed E-state index contributed by atoms with van der Waals surface area (Å²) >= 11 is 0. The van der Waals surface area contributed by atoms with E-state index < -0.39 is 32.5 Å². The maximum Gasteiger partial charge on any atom is 0.469 e. The third-order valence-corrected chi connectivity index (χ3v) is 8.65. The van der Waals surface area contributed by atoms with Crippen molar-refractivity contribution in [3.8, 4) is 0 Å². The lowest BCUT2D eigenvalue weighted by atomic mass is 10.0. The molecule has 0 radical (unpaired) electrons. The molecule has 0 aromatic rings. The van der Waals surface area contributed by atoms with Crippen LogP contribution in [0.3, 0.4) is 0 Å². The van der Waals surface area contributed by atoms with Gasteiger partial charge in [0.05, 0.1) is 6.61 Å². The van der Waals surface area contributed by atoms with Crippen molar-refractivity contribution < 1.29 is 37.9 Å². The van der Waals surface area contributed by atoms with Gasteiger partial charge in [-0.1, -0.05) is 153 Å². The molecule has 9 heteroatoms. The van der Waals surface area contributed by atoms with Gasteiger partial charge in [-0.2, -0.15) is 0 Å². The summed E-state index contributed by atoms with van der Waals surface area (Å²) in [5.41, 5.74) is 0. The van der Waals surface area contributed by atoms with E-state index in [-0.39, 0.29) is 19.4 Å². The number of unbranched alkanes of at least 4 members (excludes halogenated alkanes) is 19. The van der Waals surface area contributed by atoms with Crippen molar-refractivity contribution in [3.63, 3.8) is 0 Å². The molecule has 0 unspecified atom stereocenters. The molecule has 0 bridgehead atoms. The molecule has 0 aromatic carbocycles. The lowest BCUT2D eigenvalue weighted by Gasteiger charge is -2.18. The number of ether oxygens (including phenoxy) is 2. The maximum absolute atomic E-state index is 12.4. The third kappa shape index (κ3) is 37.1. The second-order valence-electron chi connectivity index (χ2n) is 12.9. The molecule has 8 nitrogen and oxygen atoms in total. The van der Waals surface area contributed by atoms with Gasteiger partial charge in [-0.3, -0.25) is 14.1 Å². The lowest BCUT2D eigenvalue weighted by Crippen LogP contribution is -2.29. The summed E-state index contributed by atoms with van der Waals surface area (Å²) in [6.07, 6.45) is 40.1. The van der Waals surface area contributed by atoms with Gasteiger partial charge >= 0.3 is 19.8 Å². The van der Waals surface area contributed by atoms with Crippen LogP contribution in [0.25, 0.3) is 0 Å². The van der Waals surface area contributed by atoms with Gasteiger partial charge in [-0.05, 0) is 51.4 Å². The molecule has 48 heavy (non-hydrogen) atoms. The minimum Gasteiger partial charge on any atom is -0.462 e. The SMILES string of the molecule is CCCCC/C=C/C/C=C/C/C=C/CCCCC(=O)OC[C@H](COP(=O)(O)O)OC(=O)CCCCCCCCCCCCCCCCC. The Morgan fingerprint density at radius 3 is 1.44 bits per heavy atom. The monoisotopic (exact) mass is 698 g/mol. The van der Waals surface area contributed by atoms with Crippen LogP contribution in [0.4, 0.5) is 0 Å². The number of carbonyl (C=O) groups excluding carboxylic acids is 2. The molecule has 0 aliphatic heterocycles. The largest absolute Gasteiger partial charge is 0.469 e. The van der Waals surface area contributed by atoms with Crippen LogP contribution < -0.4 is 0 Å². The van der Waals surface area contributed by atoms with Crippen LogP contribution in [-0.4, -0.2) is 41.0 Å². The predicted molar refractivity (Wildman–Crippen MR) is 198 cm³/mol. The number of phosphoric ester groups is 1. The molecule has 0 heterocycles. The lowest BCUT2D eigenvalue weighted by molar-refractivity contribution is -0.161. The summed E-state index contributed by atoms with van der Waals surface area (Å²) in [6, 6.07) is 0. The first-order valence-electron chi connectivity index (χ1n) is 19.3. The van der Waals surface area contributed by atoms with Gasteiger partial charge in [-0.25, -0.2) is 4.57 Å². The van der Waals surface area contributed by atoms with Crippen molar-refractivity contribution in [1.29, 1.82) is 0 Å². The van der Waals surface area contributed by atoms with Crippen LogP contribution in [-0.2, 0) is 28.2 Å². The molecule has 0 spiro atoms. The molecule has 0 saturated carbocycles. The van der Waals surface area contributed by atoms with Gasteiger partial charge < -0.3 is 19.3 Å². The van der Waals surface area contributed by atoms with E-state index >= 15 is 0 Å². The first kappa shape index (κ1) is 46.3. The summed E-state index contributed by atoms with van der Waals surface area (Å²) in [5.74, 6) is -0.926. The van der Waals surface area contributed by atoms with E-state index in [0.717, 1.165) is 51.4 Å². The summed E-state index contributed by atoms with van der Waals surface area (Å²) in [6.45, 7) is 3.62. The van der Waals surface area contributed by atoms with Gasteiger partial charge in [0.15, 0.2) is 6.10 Å². The Morgan fingerprint density at radius 2 is 0.938 bits per heavy atom. The van der Waals surface area contributed by atoms with Gasteiger partial charge in [0, 0.05) is 12.8 Å². The summed E-state index contributed by atoms with van der Waals surface area (Å²) in [5, 5.41) is 0. The van der Waals surface area contributed by atoms with E-state index in [1.165, 1.54) is 89.9 Å². The molecule has 0 saturated heterocycles. The zero-order valence-corrected chi connectivity index (χ0v) is 31.5. The van der Waals surface area contributed by atoms with Crippen molar-refractivity contribution in [2.24, 2.45) is 0 Å². The molecule has 0 aromatic heterocycles. The molecule has 280 valence electrons. The van der Waals surface area contributed by atoms with Crippen molar-refractivity contribution >= 4 is 19.8 Å². The van der Waals surface area contributed by atoms with E-state index in [4.69, 9.17) is 19.3 Å². The number of hydrogen-bond donors (Lipinski definition) is 2. The van der Waals surface area contributed by atoms with Crippen LogP contribution in [0.5, 0.6) is 0 Å². The van der Waals surface area contributed by atoms with Gasteiger partial charge in [-0.15, -0.1) is 0 Å². The molecule has 0 amide bonds. The highest BCUT2D eigenvalue weighted by molar-refractivity contribution is 7.46. The second-order valence-corrected chi connectivity index (χ2v) is 14.1. The number of allylic oxidation sites excluding steroid dienone is 6. The Hall–Kier alpha value is -1.73. The summed E-state index contributed by atoms with van der Waals surface area (Å²) < 4.78 is 26.3. The molecule has 1 atom stereocenters. The standard InChI is InChI=1S/C39H71O8P/c1-3-5-7-9-11-13-15-17-19-21-23-25-27-29-31-33-38(40)45-35-37(36-46-48(42,43)44)47-39(41)34-32-30-28-26-24-22-20-18-16-14-12-10-8-6-4-2/h11,13,17,19,23,25,37H,3-10,12,14-16,18,20-22,24,26-36H2,1-2H3,(H2,42,43,44)/b13-11+,19-17+,25-23+/t37-/m1/s1. The van der Waals surface area contributed by atoms with E-state index in [1.54, 1.807) is 0 Å². The predicted octanol–water partition coefficient (Wildman–Crippen LogP) is 11.4. The maximum atomic E-state index is 12.4. The Bertz CT molecular complexity index is 879. The summed E-state index contributed by atoms with van der Waals surface area (Å²) in [7, 11) is -4.76. The van der Waals surface area contributed by atoms with Gasteiger partial charge in [0.2, 0.25) is 0 Å². The molecule has 0 aliphatic rings. The smallest absolute Gasteiger partial charge is 0.462 e. The van der Waals surface area contributed by atoms with Crippen molar-refractivity contribution in [2.75, 3.05) is 13.2 Å². The highest BCUT2D eigenvalue weighted by Crippen LogP contribution is 2.36. The Kier molecular flexibility index (Phi) is 33.8. The number of phosphoric acid groups is 1. The Morgan fingerprint density at radius 1 is 0.542 bits per heavy atom. The number of rotatable bonds is 35. The average molecular weight is 699 g/mol. The molecular weight excluding hydrogens is 627 g/mol. The van der Waals surface area contributed by atoms with Gasteiger partial charge in [0.25, 0.3) is 0 Å². The quantitative estimate of drug-likeness (QED) is 0.0290. The first-order chi connectivity index (χ1) is 23.3. The molecule has 0 aliphatic carbocycles. The average Bonchev–Trinajstić information content (AvgIpc) is 3.05. The Labute approximate surface area is 293 Å². The highest BCUT2D eigenvalue weighted by atomic mass is 31.2. The fourth-order valence-electron chi connectivity index (χ4n) is 5.26. The minimum atomic E-state index is -4.76. The highest BCUT2D eigenvalue weighted by Gasteiger charge is 2.22. The first-order valence-corrected chi connectivity index (χ1v) is 20.8. The van der Waals surface area contributed by atoms with E-state index in [0.29, 0.717) is 12.8 Å². The second kappa shape index (κ2) is 35.1. The third-order valence-electron chi connectivity index (χ3n) is 8.16. The zero-order valence-electron chi connectivity index (χ0n) is 30.6. The topological polar surface area (TPSA) is 119 Å². The summed E-state index contributed by atoms with van der Waals surface area (Å²) in [4.78, 5) is 42.7. The number of carbonyl (C=O) groups is 2. The zero-order chi connectivity index (χ0) is 35.4. The normalized spacial score (nSPS) is 12.8. The van der Waals surface area contributed by atoms with Crippen molar-refractivity contribution in [1.82, 2.24) is 0 Å². The van der Waals surface area contributed by atoms with E-state index in [9.17, 15) is 14.2 Å². The molecule has 0 fully saturated rings. The van der Waals surface area contributed by atoms with Crippen LogP contribution in [0, 0.1) is 0 Å². The van der Waals surface area contributed by atoms with E-state index in [2.05, 4.69) is 54.8 Å². The molecule has 2 N–H and O–H groups in total. The number of hydrogen-bond acceptors (Lipinski definition) is 6. The van der Waals surface area contributed by atoms with E-state index in [1.807, 2.05) is 0 Å². The molecule has 0 rings (SSSR count). The van der Waals surface area contributed by atoms with Gasteiger partial charge in [0.1, 0.15) is 6.61 Å². The fraction of sp³-hybridized carbons (Fsp3) is 0.795. The molecular formula is C39H71O8P. The van der Waals surface area contributed by atoms with Crippen molar-refractivity contribution in [3.05, 3.63) is 36.5 Å². The van der Waals surface area contributed by atoms with Crippen molar-refractivity contribution in [2.45, 2.75) is 187 Å². The number of esters is 2. The fourth-order valence-corrected chi connectivity index (χ4v) is 5.62. The van der Waals surface area contributed by atoms with Crippen LogP contribution in [0.2, 0.25) is 0 Å². The minimum absolute atomic E-state index is 0.206.